The van der Waals surface area contributed by atoms with E-state index in [-0.39, 0.29) is 11.5 Å². The largest absolute Gasteiger partial charge is 0.393 e. The van der Waals surface area contributed by atoms with Crippen LogP contribution in [0.1, 0.15) is 6.92 Å². The summed E-state index contributed by atoms with van der Waals surface area (Å²) in [6.45, 7) is 5.23. The third-order valence-corrected chi connectivity index (χ3v) is 3.57. The van der Waals surface area contributed by atoms with Crippen molar-refractivity contribution in [1.29, 1.82) is 0 Å². The van der Waals surface area contributed by atoms with E-state index in [1.807, 2.05) is 6.92 Å². The summed E-state index contributed by atoms with van der Waals surface area (Å²) >= 11 is 4.90. The molecule has 2 heterocycles. The van der Waals surface area contributed by atoms with Crippen LogP contribution >= 0.6 is 12.2 Å². The van der Waals surface area contributed by atoms with E-state index in [4.69, 9.17) is 22.7 Å². The van der Waals surface area contributed by atoms with E-state index >= 15 is 0 Å². The average Bonchev–Trinajstić information content (AvgIpc) is 2.41. The molecule has 0 aliphatic carbocycles. The Bertz CT molecular complexity index is 511. The van der Waals surface area contributed by atoms with Gasteiger partial charge in [-0.05, 0) is 0 Å². The van der Waals surface area contributed by atoms with Crippen LogP contribution in [-0.4, -0.2) is 41.1 Å². The molecule has 1 aromatic heterocycles. The van der Waals surface area contributed by atoms with Gasteiger partial charge in [-0.1, -0.05) is 19.1 Å². The van der Waals surface area contributed by atoms with Gasteiger partial charge in [0.05, 0.1) is 36.6 Å². The molecule has 2 N–H and O–H groups in total. The summed E-state index contributed by atoms with van der Waals surface area (Å²) in [5, 5.41) is 4.18. The summed E-state index contributed by atoms with van der Waals surface area (Å²) in [4.78, 5) is 14.5. The molecule has 1 fully saturated rings. The summed E-state index contributed by atoms with van der Waals surface area (Å²) in [5.74, 6) is -0.0468. The number of morpholine rings is 1. The summed E-state index contributed by atoms with van der Waals surface area (Å²) in [6.07, 6.45) is 1.71. The van der Waals surface area contributed by atoms with Crippen molar-refractivity contribution >= 4 is 22.9 Å². The molecule has 1 atom stereocenters. The van der Waals surface area contributed by atoms with Gasteiger partial charge in [-0.25, -0.2) is 4.68 Å². The van der Waals surface area contributed by atoms with E-state index in [1.165, 1.54) is 4.68 Å². The van der Waals surface area contributed by atoms with Crippen LogP contribution in [-0.2, 0) is 11.3 Å². The number of hydrogen-bond donors (Lipinski definition) is 1. The topological polar surface area (TPSA) is 73.4 Å². The van der Waals surface area contributed by atoms with Crippen LogP contribution in [0, 0.1) is 5.92 Å². The van der Waals surface area contributed by atoms with Crippen molar-refractivity contribution in [1.82, 2.24) is 9.78 Å². The Labute approximate surface area is 117 Å². The van der Waals surface area contributed by atoms with Gasteiger partial charge >= 0.3 is 0 Å². The first-order chi connectivity index (χ1) is 9.08. The fraction of sp³-hybridized carbons (Fsp3) is 0.583. The Morgan fingerprint density at radius 1 is 1.58 bits per heavy atom. The molecule has 104 valence electrons. The van der Waals surface area contributed by atoms with Crippen molar-refractivity contribution in [2.75, 3.05) is 31.2 Å². The molecule has 6 nitrogen and oxygen atoms in total. The van der Waals surface area contributed by atoms with Crippen molar-refractivity contribution in [3.05, 3.63) is 22.6 Å². The number of rotatable bonds is 4. The van der Waals surface area contributed by atoms with Crippen molar-refractivity contribution in [3.8, 4) is 0 Å². The number of nitrogens with zero attached hydrogens (tertiary/aromatic N) is 3. The lowest BCUT2D eigenvalue weighted by Crippen LogP contribution is -2.38. The number of ether oxygens (including phenoxy) is 1. The summed E-state index contributed by atoms with van der Waals surface area (Å²) in [6, 6.07) is 1.60. The Morgan fingerprint density at radius 2 is 2.26 bits per heavy atom. The lowest BCUT2D eigenvalue weighted by Gasteiger charge is -2.28. The van der Waals surface area contributed by atoms with Gasteiger partial charge in [0.2, 0.25) is 0 Å². The summed E-state index contributed by atoms with van der Waals surface area (Å²) in [7, 11) is 0. The molecule has 1 aliphatic heterocycles. The molecule has 1 aliphatic rings. The first kappa shape index (κ1) is 14.0. The van der Waals surface area contributed by atoms with Gasteiger partial charge in [0.25, 0.3) is 5.56 Å². The van der Waals surface area contributed by atoms with Gasteiger partial charge in [0.15, 0.2) is 0 Å². The first-order valence-corrected chi connectivity index (χ1v) is 6.68. The van der Waals surface area contributed by atoms with Crippen LogP contribution in [0.2, 0.25) is 0 Å². The lowest BCUT2D eigenvalue weighted by molar-refractivity contribution is 0.122. The Hall–Kier alpha value is -1.47. The van der Waals surface area contributed by atoms with Gasteiger partial charge < -0.3 is 15.4 Å². The SMILES string of the molecule is CC(Cn1ncc(N2CCOCC2)cc1=O)C(N)=S. The Morgan fingerprint density at radius 3 is 2.84 bits per heavy atom. The zero-order valence-electron chi connectivity index (χ0n) is 10.9. The standard InChI is InChI=1S/C12H18N4O2S/c1-9(12(13)19)8-16-11(17)6-10(7-14-16)15-2-4-18-5-3-15/h6-7,9H,2-5,8H2,1H3,(H2,13,19). The molecule has 0 saturated carbocycles. The van der Waals surface area contributed by atoms with Gasteiger partial charge in [-0.15, -0.1) is 0 Å². The fourth-order valence-electron chi connectivity index (χ4n) is 1.91. The number of thiocarbonyl (C=S) groups is 1. The van der Waals surface area contributed by atoms with E-state index in [0.29, 0.717) is 24.7 Å². The second-order valence-corrected chi connectivity index (χ2v) is 5.11. The molecule has 1 saturated heterocycles. The highest BCUT2D eigenvalue weighted by molar-refractivity contribution is 7.80. The van der Waals surface area contributed by atoms with Crippen molar-refractivity contribution in [2.24, 2.45) is 11.7 Å². The highest BCUT2D eigenvalue weighted by atomic mass is 32.1. The monoisotopic (exact) mass is 282 g/mol. The maximum atomic E-state index is 12.0. The number of anilines is 1. The molecule has 0 spiro atoms. The van der Waals surface area contributed by atoms with Crippen LogP contribution < -0.4 is 16.2 Å². The van der Waals surface area contributed by atoms with E-state index in [0.717, 1.165) is 18.8 Å². The fourth-order valence-corrected chi connectivity index (χ4v) is 1.98. The minimum Gasteiger partial charge on any atom is -0.393 e. The number of nitrogens with two attached hydrogens (primary N) is 1. The minimum absolute atomic E-state index is 0.0468. The molecule has 1 aromatic rings. The maximum absolute atomic E-state index is 12.0. The zero-order chi connectivity index (χ0) is 13.8. The van der Waals surface area contributed by atoms with E-state index in [2.05, 4.69) is 10.00 Å². The summed E-state index contributed by atoms with van der Waals surface area (Å²) in [5.41, 5.74) is 6.25. The molecule has 7 heteroatoms. The average molecular weight is 282 g/mol. The second kappa shape index (κ2) is 6.12. The van der Waals surface area contributed by atoms with E-state index < -0.39 is 0 Å². The maximum Gasteiger partial charge on any atom is 0.268 e. The third kappa shape index (κ3) is 3.51. The van der Waals surface area contributed by atoms with Crippen molar-refractivity contribution in [3.63, 3.8) is 0 Å². The van der Waals surface area contributed by atoms with E-state index in [1.54, 1.807) is 12.3 Å². The molecular weight excluding hydrogens is 264 g/mol. The molecular formula is C12H18N4O2S. The lowest BCUT2D eigenvalue weighted by atomic mass is 10.2. The molecule has 0 radical (unpaired) electrons. The third-order valence-electron chi connectivity index (χ3n) is 3.16. The van der Waals surface area contributed by atoms with Gasteiger partial charge in [-0.2, -0.15) is 5.10 Å². The molecule has 0 aromatic carbocycles. The van der Waals surface area contributed by atoms with Crippen molar-refractivity contribution in [2.45, 2.75) is 13.5 Å². The number of hydrogen-bond acceptors (Lipinski definition) is 5. The minimum atomic E-state index is -0.132. The first-order valence-electron chi connectivity index (χ1n) is 6.27. The molecule has 0 bridgehead atoms. The van der Waals surface area contributed by atoms with Gasteiger partial charge in [0, 0.05) is 25.1 Å². The van der Waals surface area contributed by atoms with Crippen LogP contribution in [0.4, 0.5) is 5.69 Å². The molecule has 1 unspecified atom stereocenters. The molecule has 2 rings (SSSR count). The van der Waals surface area contributed by atoms with E-state index in [9.17, 15) is 4.79 Å². The van der Waals surface area contributed by atoms with Crippen molar-refractivity contribution < 1.29 is 4.74 Å². The Kier molecular flexibility index (Phi) is 4.49. The normalized spacial score (nSPS) is 17.2. The molecule has 19 heavy (non-hydrogen) atoms. The second-order valence-electron chi connectivity index (χ2n) is 4.64. The zero-order valence-corrected chi connectivity index (χ0v) is 11.7. The van der Waals surface area contributed by atoms with Gasteiger partial charge in [-0.3, -0.25) is 4.79 Å². The van der Waals surface area contributed by atoms with Gasteiger partial charge in [0.1, 0.15) is 0 Å². The van der Waals surface area contributed by atoms with Crippen LogP contribution in [0.15, 0.2) is 17.1 Å². The van der Waals surface area contributed by atoms with Crippen LogP contribution in [0.3, 0.4) is 0 Å². The Balaban J connectivity index is 2.12. The van der Waals surface area contributed by atoms with Crippen LogP contribution in [0.5, 0.6) is 0 Å². The smallest absolute Gasteiger partial charge is 0.268 e. The highest BCUT2D eigenvalue weighted by Gasteiger charge is 2.14. The number of aromatic nitrogens is 2. The summed E-state index contributed by atoms with van der Waals surface area (Å²) < 4.78 is 6.68. The van der Waals surface area contributed by atoms with Crippen LogP contribution in [0.25, 0.3) is 0 Å². The molecule has 0 amide bonds. The predicted molar refractivity (Wildman–Crippen MR) is 77.5 cm³/mol. The quantitative estimate of drug-likeness (QED) is 0.784. The predicted octanol–water partition coefficient (Wildman–Crippen LogP) is 0.00210. The highest BCUT2D eigenvalue weighted by Crippen LogP contribution is 2.11.